The van der Waals surface area contributed by atoms with Crippen molar-refractivity contribution in [1.82, 2.24) is 14.9 Å². The van der Waals surface area contributed by atoms with Crippen molar-refractivity contribution in [2.45, 2.75) is 25.9 Å². The summed E-state index contributed by atoms with van der Waals surface area (Å²) in [6, 6.07) is 11.1. The molecule has 0 amide bonds. The second kappa shape index (κ2) is 7.07. The minimum absolute atomic E-state index is 0.423. The van der Waals surface area contributed by atoms with Crippen molar-refractivity contribution >= 4 is 17.4 Å². The summed E-state index contributed by atoms with van der Waals surface area (Å²) in [6.45, 7) is 6.19. The van der Waals surface area contributed by atoms with Crippen LogP contribution in [0.1, 0.15) is 18.9 Å². The molecule has 0 saturated carbocycles. The summed E-state index contributed by atoms with van der Waals surface area (Å²) < 4.78 is 0. The van der Waals surface area contributed by atoms with Gasteiger partial charge in [0.05, 0.1) is 0 Å². The molecule has 1 aromatic carbocycles. The largest absolute Gasteiger partial charge is 0.349 e. The maximum absolute atomic E-state index is 6.22. The van der Waals surface area contributed by atoms with Gasteiger partial charge >= 0.3 is 0 Å². The van der Waals surface area contributed by atoms with E-state index >= 15 is 0 Å². The van der Waals surface area contributed by atoms with Crippen molar-refractivity contribution in [1.29, 1.82) is 0 Å². The van der Waals surface area contributed by atoms with Gasteiger partial charge in [0, 0.05) is 44.6 Å². The summed E-state index contributed by atoms with van der Waals surface area (Å²) in [7, 11) is 0. The van der Waals surface area contributed by atoms with Gasteiger partial charge in [0.2, 0.25) is 0 Å². The summed E-state index contributed by atoms with van der Waals surface area (Å²) in [4.78, 5) is 13.4. The van der Waals surface area contributed by atoms with Crippen molar-refractivity contribution < 1.29 is 0 Å². The Balaban J connectivity index is 1.70. The van der Waals surface area contributed by atoms with Crippen molar-refractivity contribution in [2.75, 3.05) is 24.5 Å². The molecule has 1 aliphatic heterocycles. The zero-order valence-electron chi connectivity index (χ0n) is 12.8. The van der Waals surface area contributed by atoms with Crippen LogP contribution in [0, 0.1) is 0 Å². The highest BCUT2D eigenvalue weighted by Gasteiger charge is 2.28. The summed E-state index contributed by atoms with van der Waals surface area (Å²) >= 11 is 6.22. The molecule has 0 spiro atoms. The third kappa shape index (κ3) is 3.39. The Bertz CT molecular complexity index is 605. The highest BCUT2D eigenvalue weighted by Crippen LogP contribution is 2.26. The maximum Gasteiger partial charge on any atom is 0.171 e. The van der Waals surface area contributed by atoms with E-state index < -0.39 is 0 Å². The molecule has 0 aliphatic carbocycles. The molecule has 0 N–H and O–H groups in total. The van der Waals surface area contributed by atoms with E-state index in [4.69, 9.17) is 11.6 Å². The van der Waals surface area contributed by atoms with Gasteiger partial charge in [0.1, 0.15) is 0 Å². The van der Waals surface area contributed by atoms with Gasteiger partial charge in [-0.1, -0.05) is 48.9 Å². The number of halogens is 1. The summed E-state index contributed by atoms with van der Waals surface area (Å²) in [5, 5.41) is 0.498. The SMILES string of the molecule is CCC1CN(Cc2ccccc2)CCN1c1nccnc1Cl. The number of benzene rings is 1. The van der Waals surface area contributed by atoms with Crippen molar-refractivity contribution in [3.05, 3.63) is 53.4 Å². The number of aromatic nitrogens is 2. The number of hydrogen-bond acceptors (Lipinski definition) is 4. The average Bonchev–Trinajstić information content (AvgIpc) is 2.56. The highest BCUT2D eigenvalue weighted by atomic mass is 35.5. The van der Waals surface area contributed by atoms with Crippen LogP contribution in [0.3, 0.4) is 0 Å². The van der Waals surface area contributed by atoms with Crippen molar-refractivity contribution in [3.63, 3.8) is 0 Å². The van der Waals surface area contributed by atoms with Gasteiger partial charge in [-0.25, -0.2) is 9.97 Å². The average molecular weight is 317 g/mol. The molecule has 116 valence electrons. The third-order valence-electron chi connectivity index (χ3n) is 4.20. The Morgan fingerprint density at radius 3 is 2.64 bits per heavy atom. The van der Waals surface area contributed by atoms with Crippen LogP contribution >= 0.6 is 11.6 Å². The topological polar surface area (TPSA) is 32.3 Å². The predicted octanol–water partition coefficient (Wildman–Crippen LogP) is 3.23. The van der Waals surface area contributed by atoms with Crippen LogP contribution in [0.5, 0.6) is 0 Å². The molecule has 1 atom stereocenters. The van der Waals surface area contributed by atoms with Gasteiger partial charge in [0.15, 0.2) is 11.0 Å². The molecule has 5 heteroatoms. The molecule has 22 heavy (non-hydrogen) atoms. The molecule has 0 radical (unpaired) electrons. The monoisotopic (exact) mass is 316 g/mol. The van der Waals surface area contributed by atoms with E-state index in [2.05, 4.69) is 57.0 Å². The molecule has 2 aromatic rings. The van der Waals surface area contributed by atoms with Crippen molar-refractivity contribution in [2.24, 2.45) is 0 Å². The smallest absolute Gasteiger partial charge is 0.171 e. The lowest BCUT2D eigenvalue weighted by Gasteiger charge is -2.42. The standard InChI is InChI=1S/C17H21ClN4/c1-2-15-13-21(12-14-6-4-3-5-7-14)10-11-22(15)17-16(18)19-8-9-20-17/h3-9,15H,2,10-13H2,1H3. The van der Waals surface area contributed by atoms with Crippen LogP contribution in [0.4, 0.5) is 5.82 Å². The Labute approximate surface area is 136 Å². The quantitative estimate of drug-likeness (QED) is 0.867. The van der Waals surface area contributed by atoms with E-state index in [0.717, 1.165) is 38.4 Å². The predicted molar refractivity (Wildman–Crippen MR) is 90.2 cm³/mol. The second-order valence-electron chi connectivity index (χ2n) is 5.65. The first-order valence-electron chi connectivity index (χ1n) is 7.77. The first-order valence-corrected chi connectivity index (χ1v) is 8.15. The molecule has 3 rings (SSSR count). The van der Waals surface area contributed by atoms with Crippen LogP contribution in [-0.2, 0) is 6.54 Å². The fourth-order valence-electron chi connectivity index (χ4n) is 3.04. The number of rotatable bonds is 4. The van der Waals surface area contributed by atoms with Crippen LogP contribution in [0.15, 0.2) is 42.7 Å². The van der Waals surface area contributed by atoms with Crippen LogP contribution in [0.25, 0.3) is 0 Å². The van der Waals surface area contributed by atoms with E-state index in [-0.39, 0.29) is 0 Å². The minimum Gasteiger partial charge on any atom is -0.349 e. The second-order valence-corrected chi connectivity index (χ2v) is 6.00. The zero-order chi connectivity index (χ0) is 15.4. The fourth-order valence-corrected chi connectivity index (χ4v) is 3.25. The Morgan fingerprint density at radius 2 is 1.91 bits per heavy atom. The molecule has 1 aliphatic rings. The maximum atomic E-state index is 6.22. The molecule has 1 saturated heterocycles. The lowest BCUT2D eigenvalue weighted by molar-refractivity contribution is 0.211. The normalized spacial score (nSPS) is 19.4. The fraction of sp³-hybridized carbons (Fsp3) is 0.412. The number of nitrogens with zero attached hydrogens (tertiary/aromatic N) is 4. The third-order valence-corrected chi connectivity index (χ3v) is 4.46. The zero-order valence-corrected chi connectivity index (χ0v) is 13.6. The van der Waals surface area contributed by atoms with Gasteiger partial charge in [-0.05, 0) is 12.0 Å². The number of hydrogen-bond donors (Lipinski definition) is 0. The molecule has 1 unspecified atom stereocenters. The summed E-state index contributed by atoms with van der Waals surface area (Å²) in [5.74, 6) is 0.815. The first kappa shape index (κ1) is 15.3. The highest BCUT2D eigenvalue weighted by molar-refractivity contribution is 6.31. The van der Waals surface area contributed by atoms with E-state index in [1.165, 1.54) is 5.56 Å². The molecular weight excluding hydrogens is 296 g/mol. The Hall–Kier alpha value is -1.65. The number of anilines is 1. The van der Waals surface area contributed by atoms with Gasteiger partial charge < -0.3 is 4.90 Å². The lowest BCUT2D eigenvalue weighted by atomic mass is 10.1. The van der Waals surface area contributed by atoms with E-state index in [1.54, 1.807) is 12.4 Å². The molecule has 2 heterocycles. The van der Waals surface area contributed by atoms with Gasteiger partial charge in [0.25, 0.3) is 0 Å². The van der Waals surface area contributed by atoms with Crippen LogP contribution in [0.2, 0.25) is 5.15 Å². The van der Waals surface area contributed by atoms with Gasteiger partial charge in [-0.15, -0.1) is 0 Å². The molecule has 1 aromatic heterocycles. The Morgan fingerprint density at radius 1 is 1.14 bits per heavy atom. The lowest BCUT2D eigenvalue weighted by Crippen LogP contribution is -2.53. The molecule has 1 fully saturated rings. The van der Waals surface area contributed by atoms with Gasteiger partial charge in [-0.2, -0.15) is 0 Å². The molecular formula is C17H21ClN4. The van der Waals surface area contributed by atoms with Crippen molar-refractivity contribution in [3.8, 4) is 0 Å². The summed E-state index contributed by atoms with van der Waals surface area (Å²) in [6.07, 6.45) is 4.42. The minimum atomic E-state index is 0.423. The first-order chi connectivity index (χ1) is 10.8. The number of piperazine rings is 1. The van der Waals surface area contributed by atoms with Crippen LogP contribution in [-0.4, -0.2) is 40.5 Å². The molecule has 4 nitrogen and oxygen atoms in total. The van der Waals surface area contributed by atoms with Gasteiger partial charge in [-0.3, -0.25) is 4.90 Å². The van der Waals surface area contributed by atoms with Crippen LogP contribution < -0.4 is 4.90 Å². The summed E-state index contributed by atoms with van der Waals surface area (Å²) in [5.41, 5.74) is 1.36. The van der Waals surface area contributed by atoms with E-state index in [1.807, 2.05) is 0 Å². The molecule has 0 bridgehead atoms. The Kier molecular flexibility index (Phi) is 4.90. The van der Waals surface area contributed by atoms with E-state index in [0.29, 0.717) is 11.2 Å². The van der Waals surface area contributed by atoms with E-state index in [9.17, 15) is 0 Å².